The van der Waals surface area contributed by atoms with E-state index >= 15 is 0 Å². The van der Waals surface area contributed by atoms with Gasteiger partial charge in [-0.15, -0.1) is 0 Å². The minimum absolute atomic E-state index is 0. The Hall–Kier alpha value is -1.09. The third kappa shape index (κ3) is 14.2. The van der Waals surface area contributed by atoms with E-state index in [4.69, 9.17) is 35.7 Å². The van der Waals surface area contributed by atoms with Crippen molar-refractivity contribution in [2.24, 2.45) is 0 Å². The molecule has 23 heavy (non-hydrogen) atoms. The van der Waals surface area contributed by atoms with E-state index in [1.54, 1.807) is 0 Å². The molecular weight excluding hydrogens is 351 g/mol. The molecule has 1 unspecified atom stereocenters. The maximum atomic E-state index is 10.3. The number of carboxylic acids is 5. The summed E-state index contributed by atoms with van der Waals surface area (Å²) in [6, 6.07) is 0. The summed E-state index contributed by atoms with van der Waals surface area (Å²) in [5.74, 6) is -7.86. The summed E-state index contributed by atoms with van der Waals surface area (Å²) < 4.78 is 0. The number of aliphatic carboxylic acids is 5. The third-order valence-electron chi connectivity index (χ3n) is 1.94. The zero-order valence-electron chi connectivity index (χ0n) is 10.9. The first kappa shape index (κ1) is 26.8. The number of hydrogen-bond donors (Lipinski definition) is 7. The predicted molar refractivity (Wildman–Crippen MR) is 70.1 cm³/mol. The van der Waals surface area contributed by atoms with Crippen molar-refractivity contribution in [2.75, 3.05) is 0 Å². The standard InChI is InChI=1S/C6H8O7.C4H6O5.K.H/c7-3(8)1-6(13,5(11)12)2-4(9)10;5-2(4(8)9)1-3(6)7;;/h13H,1-2H2,(H,7,8)(H,9,10)(H,11,12);2,5H,1H2,(H,6,7)(H,8,9);;. The molecule has 0 aromatic rings. The molecule has 0 aromatic carbocycles. The molecule has 0 aliphatic rings. The molecule has 0 fully saturated rings. The van der Waals surface area contributed by atoms with Crippen molar-refractivity contribution in [1.82, 2.24) is 0 Å². The van der Waals surface area contributed by atoms with Gasteiger partial charge in [-0.3, -0.25) is 14.4 Å². The molecule has 1 atom stereocenters. The van der Waals surface area contributed by atoms with E-state index in [0.29, 0.717) is 0 Å². The van der Waals surface area contributed by atoms with Gasteiger partial charge in [-0.05, 0) is 0 Å². The average molecular weight is 366 g/mol. The van der Waals surface area contributed by atoms with Crippen LogP contribution in [0.2, 0.25) is 0 Å². The molecule has 0 heterocycles. The Labute approximate surface area is 170 Å². The van der Waals surface area contributed by atoms with Crippen LogP contribution in [-0.2, 0) is 24.0 Å². The van der Waals surface area contributed by atoms with E-state index < -0.39 is 60.8 Å². The summed E-state index contributed by atoms with van der Waals surface area (Å²) in [5, 5.41) is 58.0. The summed E-state index contributed by atoms with van der Waals surface area (Å²) in [7, 11) is 0. The van der Waals surface area contributed by atoms with Crippen molar-refractivity contribution in [2.45, 2.75) is 31.0 Å². The topological polar surface area (TPSA) is 227 Å². The molecule has 0 aromatic heterocycles. The SMILES string of the molecule is O=C(O)CC(O)(CC(=O)O)C(=O)O.O=C(O)CC(O)C(=O)O.[KH]. The van der Waals surface area contributed by atoms with Crippen LogP contribution < -0.4 is 0 Å². The number of aliphatic hydroxyl groups excluding tert-OH is 1. The molecule has 0 bridgehead atoms. The molecule has 7 N–H and O–H groups in total. The molecule has 0 saturated carbocycles. The van der Waals surface area contributed by atoms with Crippen molar-refractivity contribution in [3.8, 4) is 0 Å². The van der Waals surface area contributed by atoms with Gasteiger partial charge in [0, 0.05) is 0 Å². The molecule has 12 nitrogen and oxygen atoms in total. The number of rotatable bonds is 8. The van der Waals surface area contributed by atoms with Gasteiger partial charge in [0.25, 0.3) is 0 Å². The summed E-state index contributed by atoms with van der Waals surface area (Å²) in [4.78, 5) is 49.9. The van der Waals surface area contributed by atoms with Gasteiger partial charge >= 0.3 is 81.2 Å². The third-order valence-corrected chi connectivity index (χ3v) is 1.94. The Morgan fingerprint density at radius 2 is 1.13 bits per heavy atom. The van der Waals surface area contributed by atoms with Gasteiger partial charge in [0.2, 0.25) is 0 Å². The average Bonchev–Trinajstić information content (AvgIpc) is 2.25. The maximum absolute atomic E-state index is 10.3. The van der Waals surface area contributed by atoms with Crippen LogP contribution in [0.15, 0.2) is 0 Å². The van der Waals surface area contributed by atoms with Crippen molar-refractivity contribution in [3.05, 3.63) is 0 Å². The van der Waals surface area contributed by atoms with Gasteiger partial charge in [-0.2, -0.15) is 0 Å². The number of aliphatic hydroxyl groups is 2. The molecule has 0 aliphatic carbocycles. The Morgan fingerprint density at radius 3 is 1.26 bits per heavy atom. The van der Waals surface area contributed by atoms with Gasteiger partial charge in [0.05, 0.1) is 19.3 Å². The van der Waals surface area contributed by atoms with E-state index in [9.17, 15) is 24.0 Å². The number of carbonyl (C=O) groups is 5. The first-order chi connectivity index (χ1) is 9.81. The van der Waals surface area contributed by atoms with Crippen molar-refractivity contribution >= 4 is 81.2 Å². The van der Waals surface area contributed by atoms with E-state index in [0.717, 1.165) is 0 Å². The molecule has 0 amide bonds. The zero-order chi connectivity index (χ0) is 18.1. The first-order valence-corrected chi connectivity index (χ1v) is 5.34. The van der Waals surface area contributed by atoms with Crippen LogP contribution in [0.3, 0.4) is 0 Å². The van der Waals surface area contributed by atoms with Crippen LogP contribution in [0.5, 0.6) is 0 Å². The van der Waals surface area contributed by atoms with E-state index in [2.05, 4.69) is 0 Å². The number of carboxylic acid groups (broad SMARTS) is 5. The van der Waals surface area contributed by atoms with Crippen molar-refractivity contribution in [1.29, 1.82) is 0 Å². The van der Waals surface area contributed by atoms with Crippen molar-refractivity contribution < 1.29 is 59.7 Å². The van der Waals surface area contributed by atoms with Crippen LogP contribution >= 0.6 is 0 Å². The fourth-order valence-corrected chi connectivity index (χ4v) is 0.967. The number of hydrogen-bond acceptors (Lipinski definition) is 7. The summed E-state index contributed by atoms with van der Waals surface area (Å²) in [5.41, 5.74) is -2.74. The van der Waals surface area contributed by atoms with Gasteiger partial charge < -0.3 is 35.7 Å². The summed E-state index contributed by atoms with van der Waals surface area (Å²) >= 11 is 0. The molecule has 128 valence electrons. The van der Waals surface area contributed by atoms with Crippen molar-refractivity contribution in [3.63, 3.8) is 0 Å². The first-order valence-electron chi connectivity index (χ1n) is 5.34. The van der Waals surface area contributed by atoms with Gasteiger partial charge in [0.15, 0.2) is 11.7 Å². The van der Waals surface area contributed by atoms with Crippen LogP contribution in [0.1, 0.15) is 19.3 Å². The molecule has 13 heteroatoms. The Balaban J connectivity index is -0.000000354. The fraction of sp³-hybridized carbons (Fsp3) is 0.500. The molecule has 0 rings (SSSR count). The Kier molecular flexibility index (Phi) is 14.4. The second kappa shape index (κ2) is 12.3. The summed E-state index contributed by atoms with van der Waals surface area (Å²) in [6.07, 6.45) is -4.83. The fourth-order valence-electron chi connectivity index (χ4n) is 0.967. The van der Waals surface area contributed by atoms with Gasteiger partial charge in [-0.25, -0.2) is 9.59 Å². The van der Waals surface area contributed by atoms with Gasteiger partial charge in [-0.1, -0.05) is 0 Å². The van der Waals surface area contributed by atoms with Crippen LogP contribution in [-0.4, -0.2) is 129 Å². The van der Waals surface area contributed by atoms with Crippen LogP contribution in [0.25, 0.3) is 0 Å². The second-order valence-corrected chi connectivity index (χ2v) is 3.93. The van der Waals surface area contributed by atoms with E-state index in [1.807, 2.05) is 0 Å². The van der Waals surface area contributed by atoms with Crippen LogP contribution in [0, 0.1) is 0 Å². The molecule has 0 radical (unpaired) electrons. The predicted octanol–water partition coefficient (Wildman–Crippen LogP) is -2.99. The Morgan fingerprint density at radius 1 is 0.783 bits per heavy atom. The molecule has 0 spiro atoms. The van der Waals surface area contributed by atoms with E-state index in [1.165, 1.54) is 0 Å². The Bertz CT molecular complexity index is 443. The quantitative estimate of drug-likeness (QED) is 0.213. The zero-order valence-corrected chi connectivity index (χ0v) is 10.9. The normalized spacial score (nSPS) is 11.0. The second-order valence-electron chi connectivity index (χ2n) is 3.93. The molecule has 0 aliphatic heterocycles. The van der Waals surface area contributed by atoms with Gasteiger partial charge in [0.1, 0.15) is 0 Å². The van der Waals surface area contributed by atoms with E-state index in [-0.39, 0.29) is 51.4 Å². The monoisotopic (exact) mass is 366 g/mol. The molecular formula is C10H15KO12. The molecule has 0 saturated heterocycles. The van der Waals surface area contributed by atoms with Crippen LogP contribution in [0.4, 0.5) is 0 Å². The summed E-state index contributed by atoms with van der Waals surface area (Å²) in [6.45, 7) is 0. The minimum atomic E-state index is -2.74.